The van der Waals surface area contributed by atoms with Gasteiger partial charge in [0.15, 0.2) is 5.75 Å². The number of aromatic nitrogens is 1. The van der Waals surface area contributed by atoms with Gasteiger partial charge in [0.05, 0.1) is 11.9 Å². The fourth-order valence-electron chi connectivity index (χ4n) is 1.29. The maximum atomic E-state index is 11.7. The number of amides is 1. The lowest BCUT2D eigenvalue weighted by Crippen LogP contribution is -2.29. The number of ether oxygens (including phenoxy) is 1. The molecule has 0 spiro atoms. The van der Waals surface area contributed by atoms with Gasteiger partial charge in [0, 0.05) is 12.8 Å². The Bertz CT molecular complexity index is 355. The summed E-state index contributed by atoms with van der Waals surface area (Å²) < 4.78 is 5.26. The van der Waals surface area contributed by atoms with E-state index in [0.717, 1.165) is 0 Å². The number of carbonyl (C=O) groups is 1. The van der Waals surface area contributed by atoms with Gasteiger partial charge in [-0.05, 0) is 19.4 Å². The summed E-state index contributed by atoms with van der Waals surface area (Å²) in [4.78, 5) is 15.4. The van der Waals surface area contributed by atoms with Crippen molar-refractivity contribution in [2.24, 2.45) is 0 Å². The first-order valence-electron chi connectivity index (χ1n) is 5.24. The standard InChI is InChI=1S/C11H16N2O3/c1-3-10(16-4-2)11(15)13-8-5-6-12-7-9(8)14/h5-7,10,14H,3-4H2,1-2H3,(H,12,13,15). The zero-order chi connectivity index (χ0) is 12.0. The van der Waals surface area contributed by atoms with Crippen molar-refractivity contribution in [3.63, 3.8) is 0 Å². The van der Waals surface area contributed by atoms with Gasteiger partial charge in [-0.2, -0.15) is 0 Å². The second-order valence-corrected chi connectivity index (χ2v) is 3.23. The van der Waals surface area contributed by atoms with Gasteiger partial charge in [0.1, 0.15) is 6.10 Å². The third-order valence-corrected chi connectivity index (χ3v) is 2.09. The van der Waals surface area contributed by atoms with Crippen LogP contribution in [0.2, 0.25) is 0 Å². The summed E-state index contributed by atoms with van der Waals surface area (Å²) in [6.45, 7) is 4.18. The van der Waals surface area contributed by atoms with Crippen LogP contribution in [0.4, 0.5) is 5.69 Å². The lowest BCUT2D eigenvalue weighted by Gasteiger charge is -2.15. The molecule has 88 valence electrons. The Balaban J connectivity index is 2.66. The van der Waals surface area contributed by atoms with Crippen LogP contribution in [0.1, 0.15) is 20.3 Å². The molecule has 0 aliphatic carbocycles. The minimum Gasteiger partial charge on any atom is -0.504 e. The molecule has 2 N–H and O–H groups in total. The molecule has 1 amide bonds. The van der Waals surface area contributed by atoms with Crippen molar-refractivity contribution in [2.75, 3.05) is 11.9 Å². The summed E-state index contributed by atoms with van der Waals surface area (Å²) >= 11 is 0. The molecule has 1 unspecified atom stereocenters. The highest BCUT2D eigenvalue weighted by molar-refractivity contribution is 5.95. The number of rotatable bonds is 5. The number of hydrogen-bond donors (Lipinski definition) is 2. The summed E-state index contributed by atoms with van der Waals surface area (Å²) in [5, 5.41) is 12.0. The van der Waals surface area contributed by atoms with E-state index in [1.165, 1.54) is 18.5 Å². The Kier molecular flexibility index (Phi) is 4.72. The average Bonchev–Trinajstić information content (AvgIpc) is 2.29. The first-order valence-corrected chi connectivity index (χ1v) is 5.24. The lowest BCUT2D eigenvalue weighted by molar-refractivity contribution is -0.127. The number of anilines is 1. The molecule has 0 bridgehead atoms. The third kappa shape index (κ3) is 3.20. The summed E-state index contributed by atoms with van der Waals surface area (Å²) in [5.74, 6) is -0.312. The molecule has 0 radical (unpaired) electrons. The molecule has 0 saturated carbocycles. The van der Waals surface area contributed by atoms with E-state index in [9.17, 15) is 9.90 Å². The van der Waals surface area contributed by atoms with E-state index in [-0.39, 0.29) is 11.7 Å². The van der Waals surface area contributed by atoms with Gasteiger partial charge in [-0.3, -0.25) is 9.78 Å². The van der Waals surface area contributed by atoms with E-state index in [2.05, 4.69) is 10.3 Å². The van der Waals surface area contributed by atoms with Gasteiger partial charge in [-0.15, -0.1) is 0 Å². The van der Waals surface area contributed by atoms with Crippen molar-refractivity contribution in [3.8, 4) is 5.75 Å². The number of nitrogens with zero attached hydrogens (tertiary/aromatic N) is 1. The molecule has 5 nitrogen and oxygen atoms in total. The molecule has 5 heteroatoms. The van der Waals surface area contributed by atoms with Gasteiger partial charge in [0.25, 0.3) is 5.91 Å². The molecule has 1 aromatic heterocycles. The predicted octanol–water partition coefficient (Wildman–Crippen LogP) is 1.54. The van der Waals surface area contributed by atoms with Gasteiger partial charge < -0.3 is 15.2 Å². The van der Waals surface area contributed by atoms with Crippen LogP contribution >= 0.6 is 0 Å². The van der Waals surface area contributed by atoms with Crippen LogP contribution in [-0.4, -0.2) is 28.7 Å². The van der Waals surface area contributed by atoms with Crippen LogP contribution in [-0.2, 0) is 9.53 Å². The average molecular weight is 224 g/mol. The first-order chi connectivity index (χ1) is 7.69. The lowest BCUT2D eigenvalue weighted by atomic mass is 10.2. The maximum absolute atomic E-state index is 11.7. The Labute approximate surface area is 94.5 Å². The van der Waals surface area contributed by atoms with Crippen LogP contribution in [0.25, 0.3) is 0 Å². The van der Waals surface area contributed by atoms with E-state index in [1.54, 1.807) is 0 Å². The van der Waals surface area contributed by atoms with E-state index >= 15 is 0 Å². The van der Waals surface area contributed by atoms with Crippen molar-refractivity contribution in [3.05, 3.63) is 18.5 Å². The Morgan fingerprint density at radius 3 is 2.94 bits per heavy atom. The van der Waals surface area contributed by atoms with E-state index in [0.29, 0.717) is 18.7 Å². The van der Waals surface area contributed by atoms with Crippen molar-refractivity contribution in [1.29, 1.82) is 0 Å². The molecule has 16 heavy (non-hydrogen) atoms. The molecule has 1 heterocycles. The summed E-state index contributed by atoms with van der Waals surface area (Å²) in [5.41, 5.74) is 0.346. The van der Waals surface area contributed by atoms with E-state index < -0.39 is 6.10 Å². The minimum absolute atomic E-state index is 0.0535. The van der Waals surface area contributed by atoms with E-state index in [4.69, 9.17) is 4.74 Å². The van der Waals surface area contributed by atoms with Crippen LogP contribution in [0.3, 0.4) is 0 Å². The quantitative estimate of drug-likeness (QED) is 0.795. The molecule has 1 atom stereocenters. The zero-order valence-corrected chi connectivity index (χ0v) is 9.43. The van der Waals surface area contributed by atoms with Crippen LogP contribution in [0.15, 0.2) is 18.5 Å². The number of carbonyl (C=O) groups excluding carboxylic acids is 1. The smallest absolute Gasteiger partial charge is 0.253 e. The van der Waals surface area contributed by atoms with Crippen molar-refractivity contribution in [2.45, 2.75) is 26.4 Å². The Morgan fingerprint density at radius 1 is 1.62 bits per heavy atom. The van der Waals surface area contributed by atoms with Gasteiger partial charge >= 0.3 is 0 Å². The largest absolute Gasteiger partial charge is 0.504 e. The second-order valence-electron chi connectivity index (χ2n) is 3.23. The molecule has 0 fully saturated rings. The number of aromatic hydroxyl groups is 1. The summed E-state index contributed by atoms with van der Waals surface area (Å²) in [6, 6.07) is 1.53. The molecule has 0 aliphatic rings. The van der Waals surface area contributed by atoms with E-state index in [1.807, 2.05) is 13.8 Å². The Hall–Kier alpha value is -1.62. The fourth-order valence-corrected chi connectivity index (χ4v) is 1.29. The molecular weight excluding hydrogens is 208 g/mol. The Morgan fingerprint density at radius 2 is 2.38 bits per heavy atom. The highest BCUT2D eigenvalue weighted by Gasteiger charge is 2.17. The van der Waals surface area contributed by atoms with Crippen molar-refractivity contribution < 1.29 is 14.6 Å². The van der Waals surface area contributed by atoms with Crippen LogP contribution in [0, 0.1) is 0 Å². The number of pyridine rings is 1. The second kappa shape index (κ2) is 6.07. The number of nitrogens with one attached hydrogen (secondary N) is 1. The van der Waals surface area contributed by atoms with Crippen molar-refractivity contribution >= 4 is 11.6 Å². The van der Waals surface area contributed by atoms with Gasteiger partial charge in [0.2, 0.25) is 0 Å². The zero-order valence-electron chi connectivity index (χ0n) is 9.43. The van der Waals surface area contributed by atoms with Gasteiger partial charge in [-0.1, -0.05) is 6.92 Å². The highest BCUT2D eigenvalue weighted by atomic mass is 16.5. The minimum atomic E-state index is -0.488. The van der Waals surface area contributed by atoms with Crippen LogP contribution in [0.5, 0.6) is 5.75 Å². The van der Waals surface area contributed by atoms with Crippen molar-refractivity contribution in [1.82, 2.24) is 4.98 Å². The first kappa shape index (κ1) is 12.4. The SMILES string of the molecule is CCOC(CC)C(=O)Nc1ccncc1O. The predicted molar refractivity (Wildman–Crippen MR) is 60.2 cm³/mol. The fraction of sp³-hybridized carbons (Fsp3) is 0.455. The van der Waals surface area contributed by atoms with Gasteiger partial charge in [-0.25, -0.2) is 0 Å². The highest BCUT2D eigenvalue weighted by Crippen LogP contribution is 2.20. The molecule has 0 saturated heterocycles. The molecule has 0 aromatic carbocycles. The maximum Gasteiger partial charge on any atom is 0.253 e. The topological polar surface area (TPSA) is 71.5 Å². The molecule has 1 aromatic rings. The summed E-state index contributed by atoms with van der Waals surface area (Å²) in [6.07, 6.45) is 2.87. The molecule has 0 aliphatic heterocycles. The number of hydrogen-bond acceptors (Lipinski definition) is 4. The third-order valence-electron chi connectivity index (χ3n) is 2.09. The summed E-state index contributed by atoms with van der Waals surface area (Å²) in [7, 11) is 0. The monoisotopic (exact) mass is 224 g/mol. The van der Waals surface area contributed by atoms with Crippen LogP contribution < -0.4 is 5.32 Å². The molecule has 1 rings (SSSR count). The molecular formula is C11H16N2O3. The normalized spacial score (nSPS) is 12.1.